The van der Waals surface area contributed by atoms with E-state index in [0.29, 0.717) is 35.7 Å². The molecule has 144 valence electrons. The van der Waals surface area contributed by atoms with Crippen LogP contribution in [0.25, 0.3) is 0 Å². The summed E-state index contributed by atoms with van der Waals surface area (Å²) in [5, 5.41) is 3.74. The Morgan fingerprint density at radius 1 is 1.27 bits per heavy atom. The maximum absolute atomic E-state index is 12.7. The van der Waals surface area contributed by atoms with Gasteiger partial charge in [0.25, 0.3) is 5.91 Å². The van der Waals surface area contributed by atoms with Gasteiger partial charge in [0.05, 0.1) is 24.8 Å². The Labute approximate surface area is 160 Å². The third kappa shape index (κ3) is 4.29. The van der Waals surface area contributed by atoms with Crippen molar-refractivity contribution in [1.82, 2.24) is 0 Å². The summed E-state index contributed by atoms with van der Waals surface area (Å²) in [5.41, 5.74) is 1.70. The van der Waals surface area contributed by atoms with E-state index in [2.05, 4.69) is 19.2 Å². The Bertz CT molecular complexity index is 670. The van der Waals surface area contributed by atoms with Gasteiger partial charge in [-0.3, -0.25) is 4.79 Å². The molecule has 2 heterocycles. The van der Waals surface area contributed by atoms with Crippen LogP contribution in [0.4, 0.5) is 5.00 Å². The Kier molecular flexibility index (Phi) is 6.35. The molecule has 3 atom stereocenters. The molecule has 0 aromatic carbocycles. The normalized spacial score (nSPS) is 25.4. The van der Waals surface area contributed by atoms with Crippen LogP contribution in [0.1, 0.15) is 67.3 Å². The summed E-state index contributed by atoms with van der Waals surface area (Å²) in [7, 11) is 0. The van der Waals surface area contributed by atoms with Gasteiger partial charge in [0.1, 0.15) is 5.00 Å². The topological polar surface area (TPSA) is 59.8 Å². The van der Waals surface area contributed by atoms with Crippen molar-refractivity contribution in [1.29, 1.82) is 0 Å². The summed E-state index contributed by atoms with van der Waals surface area (Å²) in [6.45, 7) is 8.16. The molecule has 1 fully saturated rings. The van der Waals surface area contributed by atoms with Crippen LogP contribution >= 0.6 is 11.3 Å². The first-order chi connectivity index (χ1) is 12.5. The van der Waals surface area contributed by atoms with Crippen molar-refractivity contribution >= 4 is 28.2 Å². The minimum Gasteiger partial charge on any atom is -0.462 e. The number of nitrogens with one attached hydrogen (secondary N) is 2. The fraction of sp³-hybridized carbons (Fsp3) is 0.700. The molecular weight excluding hydrogens is 348 g/mol. The molecule has 0 spiro atoms. The number of rotatable bonds is 5. The van der Waals surface area contributed by atoms with Gasteiger partial charge < -0.3 is 15.0 Å². The van der Waals surface area contributed by atoms with E-state index in [0.717, 1.165) is 31.4 Å². The maximum Gasteiger partial charge on any atom is 0.341 e. The Hall–Kier alpha value is -1.40. The number of quaternary nitrogens is 1. The van der Waals surface area contributed by atoms with E-state index in [-0.39, 0.29) is 11.9 Å². The van der Waals surface area contributed by atoms with Gasteiger partial charge in [-0.1, -0.05) is 6.92 Å². The number of esters is 1. The molecule has 0 bridgehead atoms. The minimum absolute atomic E-state index is 0.00550. The molecular formula is C20H31N2O3S+. The predicted molar refractivity (Wildman–Crippen MR) is 104 cm³/mol. The number of amides is 1. The van der Waals surface area contributed by atoms with Crippen LogP contribution in [0.15, 0.2) is 0 Å². The molecule has 1 aliphatic carbocycles. The average Bonchev–Trinajstić information content (AvgIpc) is 2.93. The van der Waals surface area contributed by atoms with E-state index >= 15 is 0 Å². The van der Waals surface area contributed by atoms with Gasteiger partial charge in [-0.15, -0.1) is 11.3 Å². The molecule has 0 saturated carbocycles. The second-order valence-electron chi connectivity index (χ2n) is 7.81. The van der Waals surface area contributed by atoms with Gasteiger partial charge in [0, 0.05) is 4.88 Å². The number of anilines is 1. The lowest BCUT2D eigenvalue weighted by Gasteiger charge is -2.29. The van der Waals surface area contributed by atoms with Crippen LogP contribution in [-0.4, -0.2) is 37.6 Å². The second kappa shape index (κ2) is 8.53. The highest BCUT2D eigenvalue weighted by Gasteiger charge is 2.30. The van der Waals surface area contributed by atoms with Crippen molar-refractivity contribution in [2.24, 2.45) is 5.92 Å². The van der Waals surface area contributed by atoms with Gasteiger partial charge in [-0.2, -0.15) is 0 Å². The van der Waals surface area contributed by atoms with E-state index in [9.17, 15) is 9.59 Å². The van der Waals surface area contributed by atoms with Crippen LogP contribution < -0.4 is 10.2 Å². The van der Waals surface area contributed by atoms with Crippen LogP contribution in [0.3, 0.4) is 0 Å². The Morgan fingerprint density at radius 3 is 2.81 bits per heavy atom. The number of thiophene rings is 1. The summed E-state index contributed by atoms with van der Waals surface area (Å²) in [6, 6.07) is 0.524. The molecule has 6 heteroatoms. The van der Waals surface area contributed by atoms with Gasteiger partial charge in [-0.25, -0.2) is 4.79 Å². The molecule has 1 aromatic rings. The van der Waals surface area contributed by atoms with Gasteiger partial charge in [0.15, 0.2) is 6.54 Å². The highest BCUT2D eigenvalue weighted by molar-refractivity contribution is 7.17. The summed E-state index contributed by atoms with van der Waals surface area (Å²) in [6.07, 6.45) is 6.59. The molecule has 26 heavy (non-hydrogen) atoms. The van der Waals surface area contributed by atoms with Gasteiger partial charge in [-0.05, 0) is 63.9 Å². The highest BCUT2D eigenvalue weighted by atomic mass is 32.1. The highest BCUT2D eigenvalue weighted by Crippen LogP contribution is 2.40. The van der Waals surface area contributed by atoms with E-state index in [1.807, 2.05) is 6.92 Å². The zero-order valence-corrected chi connectivity index (χ0v) is 17.0. The summed E-state index contributed by atoms with van der Waals surface area (Å²) in [5.74, 6) is 0.331. The first kappa shape index (κ1) is 19.4. The fourth-order valence-corrected chi connectivity index (χ4v) is 5.57. The molecule has 2 N–H and O–H groups in total. The molecule has 1 aromatic heterocycles. The van der Waals surface area contributed by atoms with E-state index < -0.39 is 0 Å². The number of piperidine rings is 1. The van der Waals surface area contributed by atoms with Crippen molar-refractivity contribution < 1.29 is 19.2 Å². The SMILES string of the molecule is CCOC(=O)c1c(NC(=O)C[NH+]2CCCC[C@@H]2C)sc2c1CC[C@@H](C)C2. The number of likely N-dealkylation sites (tertiary alicyclic amines) is 1. The molecule has 3 rings (SSSR count). The quantitative estimate of drug-likeness (QED) is 0.773. The largest absolute Gasteiger partial charge is 0.462 e. The number of carbonyl (C=O) groups is 2. The van der Waals surface area contributed by atoms with Crippen molar-refractivity contribution in [2.75, 3.05) is 25.0 Å². The number of ether oxygens (including phenoxy) is 1. The Morgan fingerprint density at radius 2 is 2.08 bits per heavy atom. The number of hydrogen-bond donors (Lipinski definition) is 2. The number of carbonyl (C=O) groups excluding carboxylic acids is 2. The monoisotopic (exact) mass is 379 g/mol. The Balaban J connectivity index is 1.77. The van der Waals surface area contributed by atoms with Crippen LogP contribution in [0, 0.1) is 5.92 Å². The smallest absolute Gasteiger partial charge is 0.341 e. The van der Waals surface area contributed by atoms with Crippen LogP contribution in [0.2, 0.25) is 0 Å². The van der Waals surface area contributed by atoms with Gasteiger partial charge >= 0.3 is 5.97 Å². The van der Waals surface area contributed by atoms with E-state index in [4.69, 9.17) is 4.74 Å². The molecule has 0 radical (unpaired) electrons. The third-order valence-electron chi connectivity index (χ3n) is 5.71. The molecule has 1 unspecified atom stereocenters. The molecule has 1 saturated heterocycles. The molecule has 5 nitrogen and oxygen atoms in total. The minimum atomic E-state index is -0.298. The van der Waals surface area contributed by atoms with Crippen molar-refractivity contribution in [3.05, 3.63) is 16.0 Å². The lowest BCUT2D eigenvalue weighted by molar-refractivity contribution is -0.920. The molecule has 1 aliphatic heterocycles. The summed E-state index contributed by atoms with van der Waals surface area (Å²) in [4.78, 5) is 27.8. The standard InChI is InChI=1S/C20H30N2O3S/c1-4-25-20(24)18-15-9-8-13(2)11-16(15)26-19(18)21-17(23)12-22-10-6-5-7-14(22)3/h13-14H,4-12H2,1-3H3,(H,21,23)/p+1/t13-,14+/m1/s1. The van der Waals surface area contributed by atoms with Crippen molar-refractivity contribution in [2.45, 2.75) is 65.3 Å². The number of hydrogen-bond acceptors (Lipinski definition) is 4. The van der Waals surface area contributed by atoms with E-state index in [1.165, 1.54) is 29.0 Å². The van der Waals surface area contributed by atoms with Crippen LogP contribution in [-0.2, 0) is 22.4 Å². The zero-order valence-electron chi connectivity index (χ0n) is 16.2. The zero-order chi connectivity index (χ0) is 18.7. The van der Waals surface area contributed by atoms with Crippen LogP contribution in [0.5, 0.6) is 0 Å². The predicted octanol–water partition coefficient (Wildman–Crippen LogP) is 2.45. The van der Waals surface area contributed by atoms with Gasteiger partial charge in [0.2, 0.25) is 0 Å². The third-order valence-corrected chi connectivity index (χ3v) is 6.88. The van der Waals surface area contributed by atoms with E-state index in [1.54, 1.807) is 11.3 Å². The average molecular weight is 380 g/mol. The van der Waals surface area contributed by atoms with Crippen molar-refractivity contribution in [3.63, 3.8) is 0 Å². The van der Waals surface area contributed by atoms with Crippen molar-refractivity contribution in [3.8, 4) is 0 Å². The first-order valence-electron chi connectivity index (χ1n) is 9.95. The first-order valence-corrected chi connectivity index (χ1v) is 10.8. The summed E-state index contributed by atoms with van der Waals surface area (Å²) >= 11 is 1.57. The lowest BCUT2D eigenvalue weighted by Crippen LogP contribution is -3.17. The number of fused-ring (bicyclic) bond motifs is 1. The fourth-order valence-electron chi connectivity index (χ4n) is 4.15. The lowest BCUT2D eigenvalue weighted by atomic mass is 9.88. The summed E-state index contributed by atoms with van der Waals surface area (Å²) < 4.78 is 5.28. The second-order valence-corrected chi connectivity index (χ2v) is 8.91. The molecule has 2 aliphatic rings. The maximum atomic E-state index is 12.7. The molecule has 1 amide bonds.